The molecule has 0 aromatic heterocycles. The molecule has 0 spiro atoms. The van der Waals surface area contributed by atoms with E-state index in [4.69, 9.17) is 0 Å². The number of hydrogen-bond acceptors (Lipinski definition) is 2. The average Bonchev–Trinajstić information content (AvgIpc) is 2.66. The largest absolute Gasteiger partial charge is 0.325 e. The number of benzene rings is 3. The molecule has 0 bridgehead atoms. The summed E-state index contributed by atoms with van der Waals surface area (Å²) in [6.07, 6.45) is 0. The minimum atomic E-state index is 0.00474. The zero-order valence-electron chi connectivity index (χ0n) is 16.0. The number of aryl methyl sites for hydroxylation is 2. The quantitative estimate of drug-likeness (QED) is 0.648. The molecule has 0 atom stereocenters. The average molecular weight is 358 g/mol. The van der Waals surface area contributed by atoms with Gasteiger partial charge in [0.25, 0.3) is 0 Å². The number of anilines is 1. The maximum Gasteiger partial charge on any atom is 0.238 e. The summed E-state index contributed by atoms with van der Waals surface area (Å²) in [6.45, 7) is 5.94. The van der Waals surface area contributed by atoms with Crippen molar-refractivity contribution in [1.82, 2.24) is 4.90 Å². The van der Waals surface area contributed by atoms with Crippen LogP contribution in [0.3, 0.4) is 0 Å². The molecule has 3 aromatic rings. The molecule has 0 unspecified atom stereocenters. The Labute approximate surface area is 161 Å². The summed E-state index contributed by atoms with van der Waals surface area (Å²) < 4.78 is 0. The zero-order valence-corrected chi connectivity index (χ0v) is 16.0. The molecule has 0 aliphatic heterocycles. The van der Waals surface area contributed by atoms with Crippen LogP contribution in [0, 0.1) is 13.8 Å². The van der Waals surface area contributed by atoms with Crippen LogP contribution in [0.2, 0.25) is 0 Å². The molecule has 1 N–H and O–H groups in total. The minimum Gasteiger partial charge on any atom is -0.325 e. The van der Waals surface area contributed by atoms with Crippen molar-refractivity contribution >= 4 is 11.6 Å². The third-order valence-electron chi connectivity index (χ3n) is 4.66. The monoisotopic (exact) mass is 358 g/mol. The molecule has 0 heterocycles. The number of amides is 1. The molecule has 27 heavy (non-hydrogen) atoms. The van der Waals surface area contributed by atoms with Gasteiger partial charge >= 0.3 is 0 Å². The predicted molar refractivity (Wildman–Crippen MR) is 112 cm³/mol. The highest BCUT2D eigenvalue weighted by Crippen LogP contribution is 2.15. The standard InChI is InChI=1S/C24H26N2O/c1-19-13-14-23(15-20(19)2)25-24(27)18-26(16-21-9-5-3-6-10-21)17-22-11-7-4-8-12-22/h3-15H,16-18H2,1-2H3,(H,25,27). The fourth-order valence-corrected chi connectivity index (χ4v) is 3.07. The van der Waals surface area contributed by atoms with E-state index in [1.54, 1.807) is 0 Å². The topological polar surface area (TPSA) is 32.3 Å². The van der Waals surface area contributed by atoms with Crippen molar-refractivity contribution in [2.75, 3.05) is 11.9 Å². The van der Waals surface area contributed by atoms with E-state index in [-0.39, 0.29) is 5.91 Å². The van der Waals surface area contributed by atoms with Crippen molar-refractivity contribution in [1.29, 1.82) is 0 Å². The lowest BCUT2D eigenvalue weighted by Crippen LogP contribution is -2.32. The van der Waals surface area contributed by atoms with Gasteiger partial charge in [0.2, 0.25) is 5.91 Å². The number of carbonyl (C=O) groups excluding carboxylic acids is 1. The summed E-state index contributed by atoms with van der Waals surface area (Å²) in [5.74, 6) is 0.00474. The van der Waals surface area contributed by atoms with Crippen LogP contribution in [0.4, 0.5) is 5.69 Å². The molecule has 0 fully saturated rings. The fourth-order valence-electron chi connectivity index (χ4n) is 3.07. The molecule has 3 heteroatoms. The first-order chi connectivity index (χ1) is 13.1. The molecule has 0 aliphatic rings. The van der Waals surface area contributed by atoms with Crippen LogP contribution in [0.15, 0.2) is 78.9 Å². The Balaban J connectivity index is 1.69. The number of hydrogen-bond donors (Lipinski definition) is 1. The maximum atomic E-state index is 12.6. The highest BCUT2D eigenvalue weighted by atomic mass is 16.2. The summed E-state index contributed by atoms with van der Waals surface area (Å²) >= 11 is 0. The van der Waals surface area contributed by atoms with Crippen LogP contribution in [0.25, 0.3) is 0 Å². The molecule has 0 saturated carbocycles. The summed E-state index contributed by atoms with van der Waals surface area (Å²) in [5, 5.41) is 3.03. The lowest BCUT2D eigenvalue weighted by Gasteiger charge is -2.22. The van der Waals surface area contributed by atoms with Crippen molar-refractivity contribution in [3.63, 3.8) is 0 Å². The number of carbonyl (C=O) groups is 1. The lowest BCUT2D eigenvalue weighted by molar-refractivity contribution is -0.117. The second-order valence-electron chi connectivity index (χ2n) is 6.96. The van der Waals surface area contributed by atoms with Crippen molar-refractivity contribution in [3.8, 4) is 0 Å². The first-order valence-corrected chi connectivity index (χ1v) is 9.27. The zero-order chi connectivity index (χ0) is 19.1. The van der Waals surface area contributed by atoms with Gasteiger partial charge in [-0.15, -0.1) is 0 Å². The molecule has 0 radical (unpaired) electrons. The van der Waals surface area contributed by atoms with Crippen molar-refractivity contribution in [2.45, 2.75) is 26.9 Å². The first kappa shape index (κ1) is 18.9. The summed E-state index contributed by atoms with van der Waals surface area (Å²) in [4.78, 5) is 14.8. The van der Waals surface area contributed by atoms with Crippen LogP contribution in [-0.2, 0) is 17.9 Å². The first-order valence-electron chi connectivity index (χ1n) is 9.27. The highest BCUT2D eigenvalue weighted by Gasteiger charge is 2.13. The second-order valence-corrected chi connectivity index (χ2v) is 6.96. The Kier molecular flexibility index (Phi) is 6.39. The van der Waals surface area contributed by atoms with Gasteiger partial charge < -0.3 is 5.32 Å². The van der Waals surface area contributed by atoms with Gasteiger partial charge in [-0.3, -0.25) is 9.69 Å². The van der Waals surface area contributed by atoms with Crippen LogP contribution >= 0.6 is 0 Å². The van der Waals surface area contributed by atoms with E-state index in [2.05, 4.69) is 48.3 Å². The van der Waals surface area contributed by atoms with Crippen LogP contribution < -0.4 is 5.32 Å². The van der Waals surface area contributed by atoms with Gasteiger partial charge in [-0.05, 0) is 48.2 Å². The molecular weight excluding hydrogens is 332 g/mol. The predicted octanol–water partition coefficient (Wildman–Crippen LogP) is 4.94. The fraction of sp³-hybridized carbons (Fsp3) is 0.208. The Morgan fingerprint density at radius 1 is 0.778 bits per heavy atom. The van der Waals surface area contributed by atoms with Gasteiger partial charge in [-0.1, -0.05) is 66.7 Å². The van der Waals surface area contributed by atoms with Gasteiger partial charge in [0.1, 0.15) is 0 Å². The second kappa shape index (κ2) is 9.15. The molecule has 1 amide bonds. The van der Waals surface area contributed by atoms with E-state index in [9.17, 15) is 4.79 Å². The summed E-state index contributed by atoms with van der Waals surface area (Å²) in [7, 11) is 0. The summed E-state index contributed by atoms with van der Waals surface area (Å²) in [6, 6.07) is 26.6. The third-order valence-corrected chi connectivity index (χ3v) is 4.66. The molecule has 3 aromatic carbocycles. The van der Waals surface area contributed by atoms with Crippen LogP contribution in [0.5, 0.6) is 0 Å². The van der Waals surface area contributed by atoms with E-state index < -0.39 is 0 Å². The Morgan fingerprint density at radius 3 is 1.85 bits per heavy atom. The molecular formula is C24H26N2O. The van der Waals surface area contributed by atoms with Crippen molar-refractivity contribution in [2.24, 2.45) is 0 Å². The van der Waals surface area contributed by atoms with Gasteiger partial charge in [0, 0.05) is 18.8 Å². The molecule has 3 nitrogen and oxygen atoms in total. The SMILES string of the molecule is Cc1ccc(NC(=O)CN(Cc2ccccc2)Cc2ccccc2)cc1C. The normalized spacial score (nSPS) is 10.8. The number of nitrogens with one attached hydrogen (secondary N) is 1. The Bertz CT molecular complexity index is 834. The van der Waals surface area contributed by atoms with E-state index in [0.717, 1.165) is 18.8 Å². The van der Waals surface area contributed by atoms with E-state index >= 15 is 0 Å². The van der Waals surface area contributed by atoms with Crippen LogP contribution in [0.1, 0.15) is 22.3 Å². The third kappa shape index (κ3) is 5.80. The maximum absolute atomic E-state index is 12.6. The van der Waals surface area contributed by atoms with Gasteiger partial charge in [-0.25, -0.2) is 0 Å². The minimum absolute atomic E-state index is 0.00474. The molecule has 3 rings (SSSR count). The summed E-state index contributed by atoms with van der Waals surface area (Å²) in [5.41, 5.74) is 5.66. The van der Waals surface area contributed by atoms with E-state index in [1.807, 2.05) is 54.6 Å². The van der Waals surface area contributed by atoms with E-state index in [1.165, 1.54) is 22.3 Å². The van der Waals surface area contributed by atoms with Crippen LogP contribution in [-0.4, -0.2) is 17.4 Å². The van der Waals surface area contributed by atoms with Gasteiger partial charge in [0.15, 0.2) is 0 Å². The molecule has 0 aliphatic carbocycles. The lowest BCUT2D eigenvalue weighted by atomic mass is 10.1. The highest BCUT2D eigenvalue weighted by molar-refractivity contribution is 5.92. The van der Waals surface area contributed by atoms with Gasteiger partial charge in [-0.2, -0.15) is 0 Å². The number of nitrogens with zero attached hydrogens (tertiary/aromatic N) is 1. The van der Waals surface area contributed by atoms with Crippen molar-refractivity contribution < 1.29 is 4.79 Å². The molecule has 138 valence electrons. The van der Waals surface area contributed by atoms with E-state index in [0.29, 0.717) is 6.54 Å². The van der Waals surface area contributed by atoms with Crippen molar-refractivity contribution in [3.05, 3.63) is 101 Å². The smallest absolute Gasteiger partial charge is 0.238 e. The molecule has 0 saturated heterocycles. The number of rotatable bonds is 7. The Morgan fingerprint density at radius 2 is 1.33 bits per heavy atom. The Hall–Kier alpha value is -2.91. The van der Waals surface area contributed by atoms with Gasteiger partial charge in [0.05, 0.1) is 6.54 Å².